The van der Waals surface area contributed by atoms with Gasteiger partial charge in [0.15, 0.2) is 0 Å². The third-order valence-corrected chi connectivity index (χ3v) is 5.56. The molecule has 0 saturated heterocycles. The van der Waals surface area contributed by atoms with Gasteiger partial charge in [0.25, 0.3) is 0 Å². The van der Waals surface area contributed by atoms with E-state index in [4.69, 9.17) is 5.73 Å². The van der Waals surface area contributed by atoms with Crippen molar-refractivity contribution < 1.29 is 9.59 Å². The summed E-state index contributed by atoms with van der Waals surface area (Å²) in [5.41, 5.74) is 6.40. The molecule has 0 spiro atoms. The molecule has 4 N–H and O–H groups in total. The number of carbonyl (C=O) groups excluding carboxylic acids is 2. The van der Waals surface area contributed by atoms with Crippen molar-refractivity contribution in [2.45, 2.75) is 46.1 Å². The Labute approximate surface area is 157 Å². The third kappa shape index (κ3) is 5.56. The fraction of sp³-hybridized carbons (Fsp3) is 0.619. The Balaban J connectivity index is 2.04. The Morgan fingerprint density at radius 2 is 1.88 bits per heavy atom. The molecule has 4 atom stereocenters. The van der Waals surface area contributed by atoms with Crippen LogP contribution < -0.4 is 16.4 Å². The minimum absolute atomic E-state index is 0.0559. The summed E-state index contributed by atoms with van der Waals surface area (Å²) in [5.74, 6) is 1.46. The molecule has 144 valence electrons. The highest BCUT2D eigenvalue weighted by Gasteiger charge is 2.35. The Hall–Kier alpha value is -1.88. The lowest BCUT2D eigenvalue weighted by atomic mass is 9.70. The lowest BCUT2D eigenvalue weighted by Crippen LogP contribution is -2.44. The van der Waals surface area contributed by atoms with Gasteiger partial charge in [-0.2, -0.15) is 0 Å². The Morgan fingerprint density at radius 1 is 1.19 bits per heavy atom. The minimum atomic E-state index is -0.269. The molecule has 1 aromatic rings. The van der Waals surface area contributed by atoms with Gasteiger partial charge < -0.3 is 16.4 Å². The Bertz CT molecular complexity index is 588. The number of hydrogen-bond donors (Lipinski definition) is 3. The molecule has 1 aliphatic rings. The average Bonchev–Trinajstić information content (AvgIpc) is 2.64. The number of amides is 2. The summed E-state index contributed by atoms with van der Waals surface area (Å²) in [7, 11) is 0. The first kappa shape index (κ1) is 20.4. The number of rotatable bonds is 7. The van der Waals surface area contributed by atoms with E-state index in [1.54, 1.807) is 0 Å². The van der Waals surface area contributed by atoms with E-state index in [2.05, 4.69) is 31.4 Å². The van der Waals surface area contributed by atoms with E-state index >= 15 is 0 Å². The number of carbonyl (C=O) groups is 2. The van der Waals surface area contributed by atoms with Crippen LogP contribution >= 0.6 is 0 Å². The van der Waals surface area contributed by atoms with Crippen LogP contribution in [0, 0.1) is 23.7 Å². The van der Waals surface area contributed by atoms with Gasteiger partial charge in [0.2, 0.25) is 11.8 Å². The van der Waals surface area contributed by atoms with Crippen molar-refractivity contribution in [3.63, 3.8) is 0 Å². The molecule has 0 heterocycles. The highest BCUT2D eigenvalue weighted by atomic mass is 16.2. The molecule has 2 amide bonds. The number of nitrogens with two attached hydrogens (primary N) is 1. The van der Waals surface area contributed by atoms with Crippen LogP contribution in [0.25, 0.3) is 0 Å². The van der Waals surface area contributed by atoms with Gasteiger partial charge in [-0.25, -0.2) is 0 Å². The second-order valence-electron chi connectivity index (χ2n) is 7.91. The molecule has 5 nitrogen and oxygen atoms in total. The van der Waals surface area contributed by atoms with Crippen LogP contribution in [-0.4, -0.2) is 24.9 Å². The largest absolute Gasteiger partial charge is 0.353 e. The maximum atomic E-state index is 12.9. The summed E-state index contributed by atoms with van der Waals surface area (Å²) in [6, 6.07) is 9.42. The lowest BCUT2D eigenvalue weighted by Gasteiger charge is -2.36. The first-order valence-corrected chi connectivity index (χ1v) is 9.74. The van der Waals surface area contributed by atoms with E-state index in [1.807, 2.05) is 30.3 Å². The van der Waals surface area contributed by atoms with Crippen LogP contribution in [0.1, 0.15) is 51.6 Å². The highest BCUT2D eigenvalue weighted by molar-refractivity contribution is 5.80. The third-order valence-electron chi connectivity index (χ3n) is 5.56. The van der Waals surface area contributed by atoms with Crippen LogP contribution in [0.2, 0.25) is 0 Å². The fourth-order valence-electron chi connectivity index (χ4n) is 4.03. The molecule has 4 unspecified atom stereocenters. The zero-order valence-electron chi connectivity index (χ0n) is 16.2. The van der Waals surface area contributed by atoms with Crippen LogP contribution in [0.3, 0.4) is 0 Å². The van der Waals surface area contributed by atoms with E-state index in [0.29, 0.717) is 24.3 Å². The van der Waals surface area contributed by atoms with E-state index in [1.165, 1.54) is 6.42 Å². The molecule has 1 aromatic carbocycles. The van der Waals surface area contributed by atoms with Crippen molar-refractivity contribution in [2.24, 2.45) is 29.4 Å². The van der Waals surface area contributed by atoms with Crippen LogP contribution in [0.15, 0.2) is 30.3 Å². The molecule has 2 rings (SSSR count). The summed E-state index contributed by atoms with van der Waals surface area (Å²) >= 11 is 0. The number of benzene rings is 1. The minimum Gasteiger partial charge on any atom is -0.353 e. The summed E-state index contributed by atoms with van der Waals surface area (Å²) in [6.07, 6.45) is 3.26. The molecule has 0 aliphatic heterocycles. The van der Waals surface area contributed by atoms with Gasteiger partial charge in [-0.05, 0) is 36.2 Å². The molecule has 1 aliphatic carbocycles. The van der Waals surface area contributed by atoms with E-state index in [-0.39, 0.29) is 30.3 Å². The molecule has 0 bridgehead atoms. The maximum Gasteiger partial charge on any atom is 0.234 e. The number of hydrogen-bond acceptors (Lipinski definition) is 3. The monoisotopic (exact) mass is 359 g/mol. The topological polar surface area (TPSA) is 84.2 Å². The normalized spacial score (nSPS) is 24.1. The first-order chi connectivity index (χ1) is 12.4. The summed E-state index contributed by atoms with van der Waals surface area (Å²) in [4.78, 5) is 24.7. The quantitative estimate of drug-likeness (QED) is 0.700. The SMILES string of the molecule is CC1CCC(C(C)C)C(C(=O)NCC(NC(=O)CN)c2ccccc2)C1. The van der Waals surface area contributed by atoms with E-state index in [9.17, 15) is 9.59 Å². The Kier molecular flexibility index (Phi) is 7.64. The van der Waals surface area contributed by atoms with Gasteiger partial charge in [0.1, 0.15) is 0 Å². The standard InChI is InChI=1S/C21H33N3O2/c1-14(2)17-10-9-15(3)11-18(17)21(26)23-13-19(24-20(25)12-22)16-7-5-4-6-8-16/h4-8,14-15,17-19H,9-13,22H2,1-3H3,(H,23,26)(H,24,25). The fourth-order valence-corrected chi connectivity index (χ4v) is 4.03. The molecule has 0 aromatic heterocycles. The van der Waals surface area contributed by atoms with Gasteiger partial charge in [-0.15, -0.1) is 0 Å². The second kappa shape index (κ2) is 9.72. The predicted molar refractivity (Wildman–Crippen MR) is 104 cm³/mol. The summed E-state index contributed by atoms with van der Waals surface area (Å²) < 4.78 is 0. The van der Waals surface area contributed by atoms with Crippen molar-refractivity contribution in [2.75, 3.05) is 13.1 Å². The summed E-state index contributed by atoms with van der Waals surface area (Å²) in [5, 5.41) is 6.00. The van der Waals surface area contributed by atoms with Crippen LogP contribution in [0.5, 0.6) is 0 Å². The maximum absolute atomic E-state index is 12.9. The zero-order chi connectivity index (χ0) is 19.1. The first-order valence-electron chi connectivity index (χ1n) is 9.74. The van der Waals surface area contributed by atoms with Crippen molar-refractivity contribution in [1.29, 1.82) is 0 Å². The molecule has 26 heavy (non-hydrogen) atoms. The van der Waals surface area contributed by atoms with Crippen molar-refractivity contribution in [3.8, 4) is 0 Å². The lowest BCUT2D eigenvalue weighted by molar-refractivity contribution is -0.129. The van der Waals surface area contributed by atoms with Crippen LogP contribution in [-0.2, 0) is 9.59 Å². The average molecular weight is 360 g/mol. The molecular weight excluding hydrogens is 326 g/mol. The van der Waals surface area contributed by atoms with Crippen LogP contribution in [0.4, 0.5) is 0 Å². The summed E-state index contributed by atoms with van der Waals surface area (Å²) in [6.45, 7) is 6.95. The van der Waals surface area contributed by atoms with E-state index in [0.717, 1.165) is 18.4 Å². The van der Waals surface area contributed by atoms with E-state index < -0.39 is 0 Å². The molecule has 1 saturated carbocycles. The predicted octanol–water partition coefficient (Wildman–Crippen LogP) is 2.63. The molecule has 0 radical (unpaired) electrons. The Morgan fingerprint density at radius 3 is 2.50 bits per heavy atom. The van der Waals surface area contributed by atoms with Crippen molar-refractivity contribution >= 4 is 11.8 Å². The van der Waals surface area contributed by atoms with Gasteiger partial charge in [-0.3, -0.25) is 9.59 Å². The number of nitrogens with one attached hydrogen (secondary N) is 2. The zero-order valence-corrected chi connectivity index (χ0v) is 16.2. The highest BCUT2D eigenvalue weighted by Crippen LogP contribution is 2.38. The second-order valence-corrected chi connectivity index (χ2v) is 7.91. The van der Waals surface area contributed by atoms with Crippen molar-refractivity contribution in [1.82, 2.24) is 10.6 Å². The van der Waals surface area contributed by atoms with Gasteiger partial charge in [0, 0.05) is 12.5 Å². The molecule has 5 heteroatoms. The smallest absolute Gasteiger partial charge is 0.234 e. The molecule has 1 fully saturated rings. The van der Waals surface area contributed by atoms with Gasteiger partial charge >= 0.3 is 0 Å². The van der Waals surface area contributed by atoms with Gasteiger partial charge in [0.05, 0.1) is 12.6 Å². The van der Waals surface area contributed by atoms with Crippen molar-refractivity contribution in [3.05, 3.63) is 35.9 Å². The molecular formula is C21H33N3O2. The van der Waals surface area contributed by atoms with Gasteiger partial charge in [-0.1, -0.05) is 57.5 Å².